The Bertz CT molecular complexity index is 2860. The van der Waals surface area contributed by atoms with E-state index in [0.717, 1.165) is 5.69 Å². The molecule has 1 aliphatic rings. The molecule has 0 amide bonds. The van der Waals surface area contributed by atoms with E-state index in [9.17, 15) is 0 Å². The number of para-hydroxylation sites is 2. The van der Waals surface area contributed by atoms with E-state index in [2.05, 4.69) is 197 Å². The molecule has 0 unspecified atom stereocenters. The maximum absolute atomic E-state index is 2.52. The zero-order valence-electron chi connectivity index (χ0n) is 27.9. The van der Waals surface area contributed by atoms with E-state index in [1.54, 1.807) is 0 Å². The first kappa shape index (κ1) is 28.3. The van der Waals surface area contributed by atoms with E-state index in [1.165, 1.54) is 87.9 Å². The van der Waals surface area contributed by atoms with Gasteiger partial charge in [-0.05, 0) is 63.5 Å². The molecule has 0 saturated heterocycles. The first-order valence-corrected chi connectivity index (χ1v) is 17.7. The largest absolute Gasteiger partial charge is 0.310 e. The van der Waals surface area contributed by atoms with E-state index in [1.807, 2.05) is 0 Å². The minimum absolute atomic E-state index is 0.128. The Labute approximate surface area is 296 Å². The van der Waals surface area contributed by atoms with E-state index >= 15 is 0 Å². The van der Waals surface area contributed by atoms with Crippen molar-refractivity contribution in [1.29, 1.82) is 0 Å². The average molecular weight is 647 g/mol. The first-order chi connectivity index (χ1) is 25.3. The van der Waals surface area contributed by atoms with Gasteiger partial charge in [0.15, 0.2) is 0 Å². The molecule has 0 saturated carbocycles. The highest BCUT2D eigenvalue weighted by atomic mass is 15.0. The summed E-state index contributed by atoms with van der Waals surface area (Å²) in [4.78, 5) is 0. The SMILES string of the molecule is c1ccc(B2c3ccc(-n4c5cc(-c6ccccc6)ccc5c5ccc(-c6ccccc6)cc54)cc3-n3c4ccccc4c4cccc2c43)cc1. The lowest BCUT2D eigenvalue weighted by Gasteiger charge is -2.28. The molecule has 11 rings (SSSR count). The number of hydrogen-bond acceptors (Lipinski definition) is 0. The molecule has 0 spiro atoms. The van der Waals surface area contributed by atoms with Crippen molar-refractivity contribution < 1.29 is 0 Å². The Morgan fingerprint density at radius 3 is 1.57 bits per heavy atom. The number of nitrogens with zero attached hydrogens (tertiary/aromatic N) is 2. The van der Waals surface area contributed by atoms with Crippen molar-refractivity contribution in [3.8, 4) is 33.6 Å². The molecule has 0 radical (unpaired) electrons. The second-order valence-corrected chi connectivity index (χ2v) is 13.7. The van der Waals surface area contributed by atoms with Crippen LogP contribution in [-0.4, -0.2) is 15.8 Å². The van der Waals surface area contributed by atoms with Gasteiger partial charge in [-0.2, -0.15) is 0 Å². The van der Waals surface area contributed by atoms with Crippen molar-refractivity contribution in [3.05, 3.63) is 188 Å². The maximum Gasteiger partial charge on any atom is 0.246 e. The Morgan fingerprint density at radius 1 is 0.333 bits per heavy atom. The summed E-state index contributed by atoms with van der Waals surface area (Å²) in [6.45, 7) is 0.128. The fourth-order valence-corrected chi connectivity index (χ4v) is 8.73. The molecule has 10 aromatic rings. The topological polar surface area (TPSA) is 9.86 Å². The molecular formula is C48H31BN2. The normalized spacial score (nSPS) is 12.3. The quantitative estimate of drug-likeness (QED) is 0.169. The predicted molar refractivity (Wildman–Crippen MR) is 217 cm³/mol. The molecule has 2 aromatic heterocycles. The van der Waals surface area contributed by atoms with Crippen molar-refractivity contribution in [3.63, 3.8) is 0 Å². The number of aromatic nitrogens is 2. The monoisotopic (exact) mass is 646 g/mol. The van der Waals surface area contributed by atoms with Gasteiger partial charge in [-0.15, -0.1) is 0 Å². The summed E-state index contributed by atoms with van der Waals surface area (Å²) in [5.74, 6) is 0. The van der Waals surface area contributed by atoms with Crippen molar-refractivity contribution >= 4 is 66.7 Å². The Kier molecular flexibility index (Phi) is 6.08. The molecule has 1 aliphatic heterocycles. The van der Waals surface area contributed by atoms with E-state index in [4.69, 9.17) is 0 Å². The molecule has 2 nitrogen and oxygen atoms in total. The van der Waals surface area contributed by atoms with Crippen LogP contribution in [0.5, 0.6) is 0 Å². The summed E-state index contributed by atoms with van der Waals surface area (Å²) in [6, 6.07) is 69.2. The summed E-state index contributed by atoms with van der Waals surface area (Å²) in [7, 11) is 0. The van der Waals surface area contributed by atoms with Crippen LogP contribution >= 0.6 is 0 Å². The van der Waals surface area contributed by atoms with Gasteiger partial charge in [-0.3, -0.25) is 0 Å². The minimum Gasteiger partial charge on any atom is -0.310 e. The molecule has 3 heteroatoms. The Morgan fingerprint density at radius 2 is 0.902 bits per heavy atom. The van der Waals surface area contributed by atoms with Crippen LogP contribution in [0, 0.1) is 0 Å². The molecule has 0 fully saturated rings. The highest BCUT2D eigenvalue weighted by molar-refractivity contribution is 6.98. The third kappa shape index (κ3) is 4.19. The number of benzene rings is 8. The van der Waals surface area contributed by atoms with Crippen LogP contribution in [0.4, 0.5) is 0 Å². The van der Waals surface area contributed by atoms with Gasteiger partial charge in [-0.1, -0.05) is 163 Å². The maximum atomic E-state index is 2.52. The van der Waals surface area contributed by atoms with Crippen LogP contribution in [-0.2, 0) is 0 Å². The first-order valence-electron chi connectivity index (χ1n) is 17.7. The fourth-order valence-electron chi connectivity index (χ4n) is 8.73. The zero-order valence-corrected chi connectivity index (χ0v) is 27.9. The van der Waals surface area contributed by atoms with E-state index in [-0.39, 0.29) is 6.71 Å². The fraction of sp³-hybridized carbons (Fsp3) is 0. The van der Waals surface area contributed by atoms with Crippen LogP contribution in [0.3, 0.4) is 0 Å². The van der Waals surface area contributed by atoms with Crippen LogP contribution in [0.1, 0.15) is 0 Å². The van der Waals surface area contributed by atoms with Crippen molar-refractivity contribution in [2.75, 3.05) is 0 Å². The lowest BCUT2D eigenvalue weighted by molar-refractivity contribution is 1.14. The van der Waals surface area contributed by atoms with Gasteiger partial charge in [0, 0.05) is 38.4 Å². The molecule has 236 valence electrons. The van der Waals surface area contributed by atoms with Gasteiger partial charge in [0.05, 0.1) is 16.6 Å². The molecule has 0 atom stereocenters. The second-order valence-electron chi connectivity index (χ2n) is 13.7. The Hall–Kier alpha value is -6.58. The summed E-state index contributed by atoms with van der Waals surface area (Å²) >= 11 is 0. The zero-order chi connectivity index (χ0) is 33.5. The number of rotatable bonds is 4. The van der Waals surface area contributed by atoms with Crippen LogP contribution < -0.4 is 16.4 Å². The minimum atomic E-state index is 0.128. The van der Waals surface area contributed by atoms with Gasteiger partial charge in [-0.25, -0.2) is 0 Å². The lowest BCUT2D eigenvalue weighted by Crippen LogP contribution is -2.55. The Balaban J connectivity index is 1.24. The lowest BCUT2D eigenvalue weighted by atomic mass is 9.35. The van der Waals surface area contributed by atoms with Crippen LogP contribution in [0.2, 0.25) is 0 Å². The van der Waals surface area contributed by atoms with E-state index < -0.39 is 0 Å². The number of fused-ring (bicyclic) bond motifs is 8. The third-order valence-corrected chi connectivity index (χ3v) is 11.0. The van der Waals surface area contributed by atoms with Crippen LogP contribution in [0.15, 0.2) is 188 Å². The van der Waals surface area contributed by atoms with Gasteiger partial charge in [0.1, 0.15) is 0 Å². The molecular weight excluding hydrogens is 615 g/mol. The standard InChI is InChI=1S/C48H31BN2/c1-4-13-32(14-5-1)34-23-26-39-40-27-24-35(33-15-6-2-7-16-33)30-46(40)50(45(39)29-34)37-25-28-42-47(31-37)51-44-22-11-10-19-38(44)41-20-12-21-43(48(41)51)49(42)36-17-8-3-9-18-36/h1-31H. The summed E-state index contributed by atoms with van der Waals surface area (Å²) in [5, 5.41) is 5.10. The van der Waals surface area contributed by atoms with Crippen molar-refractivity contribution in [2.24, 2.45) is 0 Å². The van der Waals surface area contributed by atoms with Gasteiger partial charge in [0.25, 0.3) is 0 Å². The molecule has 0 N–H and O–H groups in total. The second kappa shape index (κ2) is 11.0. The van der Waals surface area contributed by atoms with Gasteiger partial charge >= 0.3 is 0 Å². The van der Waals surface area contributed by atoms with Gasteiger partial charge < -0.3 is 9.13 Å². The van der Waals surface area contributed by atoms with Crippen molar-refractivity contribution in [2.45, 2.75) is 0 Å². The summed E-state index contributed by atoms with van der Waals surface area (Å²) < 4.78 is 5.02. The molecule has 0 aliphatic carbocycles. The van der Waals surface area contributed by atoms with E-state index in [0.29, 0.717) is 0 Å². The highest BCUT2D eigenvalue weighted by Gasteiger charge is 2.33. The molecule has 3 heterocycles. The average Bonchev–Trinajstić information content (AvgIpc) is 3.72. The highest BCUT2D eigenvalue weighted by Crippen LogP contribution is 2.39. The predicted octanol–water partition coefficient (Wildman–Crippen LogP) is 10.0. The van der Waals surface area contributed by atoms with Crippen LogP contribution in [0.25, 0.3) is 77.2 Å². The van der Waals surface area contributed by atoms with Crippen molar-refractivity contribution in [1.82, 2.24) is 9.13 Å². The smallest absolute Gasteiger partial charge is 0.246 e. The summed E-state index contributed by atoms with van der Waals surface area (Å²) in [5.41, 5.74) is 16.2. The number of hydrogen-bond donors (Lipinski definition) is 0. The molecule has 51 heavy (non-hydrogen) atoms. The third-order valence-electron chi connectivity index (χ3n) is 11.0. The molecule has 0 bridgehead atoms. The van der Waals surface area contributed by atoms with Gasteiger partial charge in [0.2, 0.25) is 6.71 Å². The summed E-state index contributed by atoms with van der Waals surface area (Å²) in [6.07, 6.45) is 0. The molecule has 8 aromatic carbocycles.